The lowest BCUT2D eigenvalue weighted by Crippen LogP contribution is -1.66. The zero-order valence-corrected chi connectivity index (χ0v) is 5.96. The van der Waals surface area contributed by atoms with Gasteiger partial charge in [-0.25, -0.2) is 4.99 Å². The van der Waals surface area contributed by atoms with Crippen molar-refractivity contribution in [1.29, 1.82) is 0 Å². The normalized spacial score (nSPS) is 10.5. The Labute approximate surface area is 55.1 Å². The molecule has 0 aliphatic rings. The highest BCUT2D eigenvalue weighted by molar-refractivity contribution is 7.78. The van der Waals surface area contributed by atoms with Gasteiger partial charge < -0.3 is 0 Å². The topological polar surface area (TPSA) is 12.4 Å². The van der Waals surface area contributed by atoms with Gasteiger partial charge in [0, 0.05) is 6.20 Å². The predicted octanol–water partition coefficient (Wildman–Crippen LogP) is 2.40. The van der Waals surface area contributed by atoms with E-state index in [2.05, 4.69) is 29.3 Å². The van der Waals surface area contributed by atoms with Crippen molar-refractivity contribution in [3.63, 3.8) is 0 Å². The Morgan fingerprint density at radius 2 is 2.50 bits per heavy atom. The number of aliphatic imine (C=N–C) groups is 1. The zero-order valence-electron chi connectivity index (χ0n) is 5.14. The first-order chi connectivity index (χ1) is 3.81. The molecule has 0 aromatic rings. The molecule has 0 aromatic carbocycles. The number of nitrogens with zero attached hydrogens (tertiary/aromatic N) is 1. The Morgan fingerprint density at radius 3 is 2.88 bits per heavy atom. The van der Waals surface area contributed by atoms with Crippen molar-refractivity contribution in [1.82, 2.24) is 0 Å². The molecule has 0 aliphatic heterocycles. The van der Waals surface area contributed by atoms with E-state index in [0.29, 0.717) is 0 Å². The lowest BCUT2D eigenvalue weighted by molar-refractivity contribution is 1.09. The summed E-state index contributed by atoms with van der Waals surface area (Å²) < 4.78 is 0. The van der Waals surface area contributed by atoms with Crippen LogP contribution in [0.25, 0.3) is 0 Å². The van der Waals surface area contributed by atoms with Crippen molar-refractivity contribution in [2.24, 2.45) is 4.99 Å². The highest BCUT2D eigenvalue weighted by Crippen LogP contribution is 1.95. The molecule has 1 nitrogen and oxygen atoms in total. The van der Waals surface area contributed by atoms with Crippen LogP contribution in [0.1, 0.15) is 20.3 Å². The fourth-order valence-electron chi connectivity index (χ4n) is 0.228. The second-order valence-corrected chi connectivity index (χ2v) is 1.73. The van der Waals surface area contributed by atoms with Gasteiger partial charge >= 0.3 is 0 Å². The second-order valence-electron chi connectivity index (χ2n) is 1.55. The average Bonchev–Trinajstić information content (AvgIpc) is 1.83. The molecule has 0 radical (unpaired) electrons. The molecule has 44 valence electrons. The van der Waals surface area contributed by atoms with Crippen molar-refractivity contribution in [3.05, 3.63) is 11.8 Å². The third-order valence-corrected chi connectivity index (χ3v) is 1.00. The van der Waals surface area contributed by atoms with Crippen molar-refractivity contribution in [2.45, 2.75) is 20.3 Å². The summed E-state index contributed by atoms with van der Waals surface area (Å²) in [7, 11) is 0. The Bertz CT molecular complexity index is 131. The van der Waals surface area contributed by atoms with E-state index in [1.165, 1.54) is 5.57 Å². The van der Waals surface area contributed by atoms with Crippen LogP contribution in [0.4, 0.5) is 0 Å². The molecule has 0 spiro atoms. The van der Waals surface area contributed by atoms with Crippen LogP contribution < -0.4 is 0 Å². The van der Waals surface area contributed by atoms with E-state index in [1.807, 2.05) is 6.92 Å². The van der Waals surface area contributed by atoms with Crippen LogP contribution in [0.2, 0.25) is 0 Å². The molecule has 0 atom stereocenters. The molecule has 0 unspecified atom stereocenters. The van der Waals surface area contributed by atoms with E-state index in [0.717, 1.165) is 6.42 Å². The standard InChI is InChI=1S/C6H9NS/c1-3-6(2)4-7-5-8/h4H,3H2,1-2H3/b6-4+. The first-order valence-corrected chi connectivity index (χ1v) is 2.94. The van der Waals surface area contributed by atoms with E-state index in [4.69, 9.17) is 0 Å². The van der Waals surface area contributed by atoms with E-state index in [9.17, 15) is 0 Å². The van der Waals surface area contributed by atoms with Gasteiger partial charge in [-0.2, -0.15) is 0 Å². The van der Waals surface area contributed by atoms with Gasteiger partial charge in [0.2, 0.25) is 0 Å². The molecule has 0 aromatic heterocycles. The molecule has 0 heterocycles. The second kappa shape index (κ2) is 4.69. The minimum atomic E-state index is 1.03. The van der Waals surface area contributed by atoms with Crippen molar-refractivity contribution in [2.75, 3.05) is 0 Å². The Morgan fingerprint density at radius 1 is 1.88 bits per heavy atom. The minimum Gasteiger partial charge on any atom is -0.203 e. The number of hydrogen-bond acceptors (Lipinski definition) is 2. The van der Waals surface area contributed by atoms with Gasteiger partial charge in [0.15, 0.2) is 0 Å². The summed E-state index contributed by atoms with van der Waals surface area (Å²) in [6.45, 7) is 4.08. The zero-order chi connectivity index (χ0) is 6.41. The Hall–Kier alpha value is -0.460. The highest BCUT2D eigenvalue weighted by atomic mass is 32.1. The van der Waals surface area contributed by atoms with Gasteiger partial charge in [-0.15, -0.1) is 0 Å². The fourth-order valence-corrected chi connectivity index (χ4v) is 0.281. The largest absolute Gasteiger partial charge is 0.203 e. The lowest BCUT2D eigenvalue weighted by atomic mass is 10.3. The van der Waals surface area contributed by atoms with Crippen molar-refractivity contribution < 1.29 is 0 Å². The van der Waals surface area contributed by atoms with Gasteiger partial charge in [0.05, 0.1) is 5.16 Å². The third kappa shape index (κ3) is 3.72. The van der Waals surface area contributed by atoms with Gasteiger partial charge in [-0.1, -0.05) is 12.5 Å². The van der Waals surface area contributed by atoms with Crippen LogP contribution in [0.5, 0.6) is 0 Å². The summed E-state index contributed by atoms with van der Waals surface area (Å²) >= 11 is 4.36. The smallest absolute Gasteiger partial charge is 0.0634 e. The number of hydrogen-bond donors (Lipinski definition) is 0. The van der Waals surface area contributed by atoms with Gasteiger partial charge in [-0.05, 0) is 25.6 Å². The monoisotopic (exact) mass is 127 g/mol. The first-order valence-electron chi connectivity index (χ1n) is 2.54. The van der Waals surface area contributed by atoms with Crippen LogP contribution in [0.15, 0.2) is 16.8 Å². The summed E-state index contributed by atoms with van der Waals surface area (Å²) in [5, 5.41) is 2.26. The molecule has 0 fully saturated rings. The van der Waals surface area contributed by atoms with Gasteiger partial charge in [-0.3, -0.25) is 0 Å². The van der Waals surface area contributed by atoms with Crippen molar-refractivity contribution >= 4 is 17.4 Å². The SMILES string of the molecule is CC/C(C)=C/N=C=S. The quantitative estimate of drug-likeness (QED) is 0.410. The molecular formula is C6H9NS. The molecule has 0 saturated heterocycles. The number of isothiocyanates is 1. The summed E-state index contributed by atoms with van der Waals surface area (Å²) in [6.07, 6.45) is 2.76. The Balaban J connectivity index is 3.74. The number of allylic oxidation sites excluding steroid dienone is 1. The third-order valence-electron chi connectivity index (χ3n) is 0.895. The van der Waals surface area contributed by atoms with Crippen LogP contribution in [0.3, 0.4) is 0 Å². The van der Waals surface area contributed by atoms with E-state index < -0.39 is 0 Å². The van der Waals surface area contributed by atoms with Crippen LogP contribution in [-0.4, -0.2) is 5.16 Å². The molecule has 8 heavy (non-hydrogen) atoms. The summed E-state index contributed by atoms with van der Waals surface area (Å²) in [5.74, 6) is 0. The average molecular weight is 127 g/mol. The van der Waals surface area contributed by atoms with Gasteiger partial charge in [0.1, 0.15) is 0 Å². The van der Waals surface area contributed by atoms with Gasteiger partial charge in [0.25, 0.3) is 0 Å². The van der Waals surface area contributed by atoms with Crippen LogP contribution in [-0.2, 0) is 0 Å². The van der Waals surface area contributed by atoms with E-state index in [1.54, 1.807) is 6.20 Å². The molecule has 0 N–H and O–H groups in total. The summed E-state index contributed by atoms with van der Waals surface area (Å²) in [6, 6.07) is 0. The lowest BCUT2D eigenvalue weighted by Gasteiger charge is -1.85. The maximum Gasteiger partial charge on any atom is 0.0634 e. The fraction of sp³-hybridized carbons (Fsp3) is 0.500. The maximum absolute atomic E-state index is 4.36. The Kier molecular flexibility index (Phi) is 4.42. The number of rotatable bonds is 2. The number of thiocarbonyl (C=S) groups is 1. The molecule has 0 aliphatic carbocycles. The molecule has 0 amide bonds. The molecule has 0 saturated carbocycles. The highest BCUT2D eigenvalue weighted by Gasteiger charge is 1.76. The maximum atomic E-state index is 4.36. The molecule has 0 rings (SSSR count). The van der Waals surface area contributed by atoms with E-state index in [-0.39, 0.29) is 0 Å². The van der Waals surface area contributed by atoms with Crippen LogP contribution >= 0.6 is 12.2 Å². The summed E-state index contributed by atoms with van der Waals surface area (Å²) in [5.41, 5.74) is 1.22. The first kappa shape index (κ1) is 7.54. The summed E-state index contributed by atoms with van der Waals surface area (Å²) in [4.78, 5) is 3.65. The van der Waals surface area contributed by atoms with E-state index >= 15 is 0 Å². The predicted molar refractivity (Wildman–Crippen MR) is 39.1 cm³/mol. The van der Waals surface area contributed by atoms with Crippen molar-refractivity contribution in [3.8, 4) is 0 Å². The molecular weight excluding hydrogens is 118 g/mol. The molecule has 2 heteroatoms. The minimum absolute atomic E-state index is 1.03. The molecule has 0 bridgehead atoms. The van der Waals surface area contributed by atoms with Crippen LogP contribution in [0, 0.1) is 0 Å².